The number of halogens is 1. The molecule has 0 radical (unpaired) electrons. The number of nitrogens with zero attached hydrogens (tertiary/aromatic N) is 4. The molecule has 0 spiro atoms. The van der Waals surface area contributed by atoms with Crippen molar-refractivity contribution >= 4 is 11.6 Å². The molecule has 30 heavy (non-hydrogen) atoms. The molecule has 0 atom stereocenters. The van der Waals surface area contributed by atoms with E-state index in [-0.39, 0.29) is 5.82 Å². The van der Waals surface area contributed by atoms with Gasteiger partial charge in [0.15, 0.2) is 5.96 Å². The molecule has 1 N–H and O–H groups in total. The average molecular weight is 414 g/mol. The van der Waals surface area contributed by atoms with Crippen molar-refractivity contribution in [2.75, 3.05) is 65.4 Å². The van der Waals surface area contributed by atoms with E-state index in [1.165, 1.54) is 6.07 Å². The number of likely N-dealkylation sites (N-methyl/N-ethyl adjacent to an activating group) is 1. The minimum atomic E-state index is -0.167. The van der Waals surface area contributed by atoms with Crippen molar-refractivity contribution in [3.63, 3.8) is 0 Å². The van der Waals surface area contributed by atoms with Crippen molar-refractivity contribution in [2.24, 2.45) is 4.99 Å². The Labute approximate surface area is 179 Å². The van der Waals surface area contributed by atoms with Gasteiger partial charge in [0.2, 0.25) is 0 Å². The monoisotopic (exact) mass is 413 g/mol. The molecule has 0 aromatic heterocycles. The van der Waals surface area contributed by atoms with Crippen LogP contribution < -0.4 is 15.0 Å². The molecule has 0 aliphatic carbocycles. The number of rotatable bonds is 7. The Morgan fingerprint density at radius 1 is 1.07 bits per heavy atom. The molecule has 7 heteroatoms. The molecule has 1 aliphatic rings. The van der Waals surface area contributed by atoms with Gasteiger partial charge in [0, 0.05) is 51.9 Å². The Morgan fingerprint density at radius 2 is 1.77 bits per heavy atom. The Balaban J connectivity index is 1.54. The summed E-state index contributed by atoms with van der Waals surface area (Å²) < 4.78 is 20.0. The zero-order valence-electron chi connectivity index (χ0n) is 18.1. The highest BCUT2D eigenvalue weighted by Crippen LogP contribution is 2.21. The highest BCUT2D eigenvalue weighted by molar-refractivity contribution is 5.80. The van der Waals surface area contributed by atoms with Crippen LogP contribution in [0.1, 0.15) is 5.56 Å². The van der Waals surface area contributed by atoms with Crippen LogP contribution in [0, 0.1) is 5.82 Å². The van der Waals surface area contributed by atoms with Crippen LogP contribution in [-0.2, 0) is 6.54 Å². The van der Waals surface area contributed by atoms with E-state index < -0.39 is 0 Å². The molecule has 2 aromatic rings. The smallest absolute Gasteiger partial charge is 0.194 e. The molecular weight excluding hydrogens is 381 g/mol. The van der Waals surface area contributed by atoms with Gasteiger partial charge in [0.1, 0.15) is 18.2 Å². The molecule has 3 rings (SSSR count). The molecule has 1 fully saturated rings. The van der Waals surface area contributed by atoms with Gasteiger partial charge in [-0.2, -0.15) is 0 Å². The molecule has 162 valence electrons. The number of ether oxygens (including phenoxy) is 1. The van der Waals surface area contributed by atoms with E-state index in [4.69, 9.17) is 4.74 Å². The zero-order valence-corrected chi connectivity index (χ0v) is 18.1. The quantitative estimate of drug-likeness (QED) is 0.559. The van der Waals surface area contributed by atoms with Crippen LogP contribution in [0.4, 0.5) is 10.1 Å². The van der Waals surface area contributed by atoms with Gasteiger partial charge in [-0.05, 0) is 32.3 Å². The van der Waals surface area contributed by atoms with E-state index in [9.17, 15) is 4.39 Å². The summed E-state index contributed by atoms with van der Waals surface area (Å²) in [6.45, 7) is 5.24. The van der Waals surface area contributed by atoms with Gasteiger partial charge in [0.05, 0.1) is 5.69 Å². The first-order valence-electron chi connectivity index (χ1n) is 10.4. The highest BCUT2D eigenvalue weighted by Gasteiger charge is 2.21. The number of para-hydroxylation sites is 2. The second kappa shape index (κ2) is 10.8. The number of hydrogen-bond donors (Lipinski definition) is 1. The summed E-state index contributed by atoms with van der Waals surface area (Å²) in [7, 11) is 5.87. The van der Waals surface area contributed by atoms with E-state index in [1.54, 1.807) is 13.1 Å². The fourth-order valence-corrected chi connectivity index (χ4v) is 3.50. The van der Waals surface area contributed by atoms with Gasteiger partial charge in [-0.25, -0.2) is 4.39 Å². The number of anilines is 1. The molecule has 1 saturated heterocycles. The maximum atomic E-state index is 14.1. The summed E-state index contributed by atoms with van der Waals surface area (Å²) in [5, 5.41) is 3.45. The number of guanidine groups is 1. The molecule has 2 aromatic carbocycles. The van der Waals surface area contributed by atoms with Gasteiger partial charge in [0.25, 0.3) is 0 Å². The van der Waals surface area contributed by atoms with E-state index in [0.29, 0.717) is 18.8 Å². The largest absolute Gasteiger partial charge is 0.492 e. The van der Waals surface area contributed by atoms with Crippen molar-refractivity contribution in [2.45, 2.75) is 6.54 Å². The van der Waals surface area contributed by atoms with Crippen molar-refractivity contribution in [3.05, 3.63) is 59.9 Å². The lowest BCUT2D eigenvalue weighted by Gasteiger charge is -2.37. The van der Waals surface area contributed by atoms with Crippen molar-refractivity contribution in [3.8, 4) is 5.75 Å². The number of aliphatic imine (C=N–C) groups is 1. The minimum Gasteiger partial charge on any atom is -0.492 e. The molecule has 0 amide bonds. The van der Waals surface area contributed by atoms with Gasteiger partial charge in [-0.3, -0.25) is 4.99 Å². The summed E-state index contributed by atoms with van der Waals surface area (Å²) in [4.78, 5) is 10.9. The highest BCUT2D eigenvalue weighted by atomic mass is 19.1. The summed E-state index contributed by atoms with van der Waals surface area (Å²) >= 11 is 0. The second-order valence-electron chi connectivity index (χ2n) is 7.59. The summed E-state index contributed by atoms with van der Waals surface area (Å²) in [6, 6.07) is 15.0. The summed E-state index contributed by atoms with van der Waals surface area (Å²) in [6.07, 6.45) is 0. The predicted molar refractivity (Wildman–Crippen MR) is 121 cm³/mol. The normalized spacial score (nSPS) is 14.9. The Morgan fingerprint density at radius 3 is 2.47 bits per heavy atom. The molecule has 6 nitrogen and oxygen atoms in total. The topological polar surface area (TPSA) is 43.3 Å². The van der Waals surface area contributed by atoms with E-state index >= 15 is 0 Å². The third-order valence-corrected chi connectivity index (χ3v) is 5.19. The van der Waals surface area contributed by atoms with Gasteiger partial charge < -0.3 is 24.8 Å². The van der Waals surface area contributed by atoms with Crippen molar-refractivity contribution in [1.82, 2.24) is 15.1 Å². The maximum absolute atomic E-state index is 14.1. The van der Waals surface area contributed by atoms with E-state index in [1.807, 2.05) is 44.4 Å². The predicted octanol–water partition coefficient (Wildman–Crippen LogP) is 2.66. The average Bonchev–Trinajstić information content (AvgIpc) is 2.76. The Hall–Kier alpha value is -2.80. The number of piperazine rings is 1. The van der Waals surface area contributed by atoms with Crippen LogP contribution in [0.25, 0.3) is 0 Å². The lowest BCUT2D eigenvalue weighted by atomic mass is 10.2. The molecule has 1 heterocycles. The van der Waals surface area contributed by atoms with Crippen LogP contribution in [-0.4, -0.2) is 76.2 Å². The number of nitrogens with one attached hydrogen (secondary N) is 1. The van der Waals surface area contributed by atoms with Gasteiger partial charge >= 0.3 is 0 Å². The maximum Gasteiger partial charge on any atom is 0.194 e. The standard InChI is InChI=1S/C23H32FN5O/c1-25-23(26-18-19-8-4-7-11-22(19)30-17-16-27(2)3)29-14-12-28(13-15-29)21-10-6-5-9-20(21)24/h4-11H,12-18H2,1-3H3,(H,25,26). The molecule has 0 saturated carbocycles. The Kier molecular flexibility index (Phi) is 7.90. The van der Waals surface area contributed by atoms with Crippen LogP contribution in [0.3, 0.4) is 0 Å². The van der Waals surface area contributed by atoms with Crippen molar-refractivity contribution < 1.29 is 9.13 Å². The lowest BCUT2D eigenvalue weighted by Crippen LogP contribution is -2.52. The first-order chi connectivity index (χ1) is 14.6. The fraction of sp³-hybridized carbons (Fsp3) is 0.435. The minimum absolute atomic E-state index is 0.167. The Bertz CT molecular complexity index is 834. The van der Waals surface area contributed by atoms with Crippen LogP contribution >= 0.6 is 0 Å². The first-order valence-corrected chi connectivity index (χ1v) is 10.4. The second-order valence-corrected chi connectivity index (χ2v) is 7.59. The third kappa shape index (κ3) is 5.86. The number of hydrogen-bond acceptors (Lipinski definition) is 4. The summed E-state index contributed by atoms with van der Waals surface area (Å²) in [5.41, 5.74) is 1.77. The van der Waals surface area contributed by atoms with Crippen LogP contribution in [0.5, 0.6) is 5.75 Å². The fourth-order valence-electron chi connectivity index (χ4n) is 3.50. The van der Waals surface area contributed by atoms with Gasteiger partial charge in [-0.1, -0.05) is 30.3 Å². The van der Waals surface area contributed by atoms with E-state index in [2.05, 4.69) is 31.1 Å². The number of benzene rings is 2. The lowest BCUT2D eigenvalue weighted by molar-refractivity contribution is 0.259. The van der Waals surface area contributed by atoms with Crippen molar-refractivity contribution in [1.29, 1.82) is 0 Å². The molecule has 0 unspecified atom stereocenters. The molecule has 1 aliphatic heterocycles. The van der Waals surface area contributed by atoms with Crippen LogP contribution in [0.15, 0.2) is 53.5 Å². The summed E-state index contributed by atoms with van der Waals surface area (Å²) in [5.74, 6) is 1.58. The van der Waals surface area contributed by atoms with E-state index in [0.717, 1.165) is 50.0 Å². The SMILES string of the molecule is CN=C(NCc1ccccc1OCCN(C)C)N1CCN(c2ccccc2F)CC1. The molecular formula is C23H32FN5O. The van der Waals surface area contributed by atoms with Gasteiger partial charge in [-0.15, -0.1) is 0 Å². The zero-order chi connectivity index (χ0) is 21.3. The van der Waals surface area contributed by atoms with Crippen LogP contribution in [0.2, 0.25) is 0 Å². The third-order valence-electron chi connectivity index (χ3n) is 5.19. The first kappa shape index (κ1) is 21.9. The molecule has 0 bridgehead atoms.